The van der Waals surface area contributed by atoms with Gasteiger partial charge in [0.25, 0.3) is 0 Å². The van der Waals surface area contributed by atoms with E-state index in [2.05, 4.69) is 43.2 Å². The van der Waals surface area contributed by atoms with E-state index < -0.39 is 0 Å². The van der Waals surface area contributed by atoms with Crippen molar-refractivity contribution in [2.24, 2.45) is 10.2 Å². The van der Waals surface area contributed by atoms with Gasteiger partial charge in [0.1, 0.15) is 0 Å². The van der Waals surface area contributed by atoms with Crippen LogP contribution < -0.4 is 48.3 Å². The summed E-state index contributed by atoms with van der Waals surface area (Å²) in [6.07, 6.45) is 8.45. The molecule has 1 aromatic rings. The molecular weight excluding hydrogens is 456 g/mol. The zero-order valence-corrected chi connectivity index (χ0v) is 18.5. The number of nitrogens with one attached hydrogen (secondary N) is 2. The number of hydrogen-bond donors (Lipinski definition) is 2. The minimum Gasteiger partial charge on any atom is -1.00 e. The summed E-state index contributed by atoms with van der Waals surface area (Å²) in [5.74, 6) is 0. The van der Waals surface area contributed by atoms with Crippen LogP contribution in [0.15, 0.2) is 22.3 Å². The van der Waals surface area contributed by atoms with Crippen molar-refractivity contribution in [3.63, 3.8) is 0 Å². The summed E-state index contributed by atoms with van der Waals surface area (Å²) in [7, 11) is 0. The van der Waals surface area contributed by atoms with Gasteiger partial charge in [-0.05, 0) is 50.3 Å². The SMILES string of the molecule is Cc1cc(C=NNN2CCCC2)nc(C=NNN2CCCC2)c1.[Cl-].[Cl-].[Cl-].[Co+3]. The van der Waals surface area contributed by atoms with E-state index >= 15 is 0 Å². The molecule has 1 aromatic heterocycles. The fourth-order valence-corrected chi connectivity index (χ4v) is 2.84. The number of hydrazine groups is 2. The fourth-order valence-electron chi connectivity index (χ4n) is 2.84. The molecule has 0 saturated carbocycles. The van der Waals surface area contributed by atoms with Gasteiger partial charge in [-0.2, -0.15) is 10.2 Å². The fraction of sp³-hybridized carbons (Fsp3) is 0.562. The van der Waals surface area contributed by atoms with Gasteiger partial charge in [-0.25, -0.2) is 26.1 Å². The number of aryl methyl sites for hydroxylation is 1. The van der Waals surface area contributed by atoms with E-state index in [-0.39, 0.29) is 54.0 Å². The largest absolute Gasteiger partial charge is 3.00 e. The van der Waals surface area contributed by atoms with Gasteiger partial charge >= 0.3 is 16.8 Å². The molecule has 0 atom stereocenters. The number of rotatable bonds is 6. The number of aromatic nitrogens is 1. The molecule has 2 saturated heterocycles. The Hall–Kier alpha value is -0.614. The first kappa shape index (κ1) is 28.6. The summed E-state index contributed by atoms with van der Waals surface area (Å²) in [6, 6.07) is 4.03. The second kappa shape index (κ2) is 15.3. The Balaban J connectivity index is 0. The normalized spacial score (nSPS) is 17.1. The smallest absolute Gasteiger partial charge is 1.00 e. The summed E-state index contributed by atoms with van der Waals surface area (Å²) in [5.41, 5.74) is 8.93. The van der Waals surface area contributed by atoms with E-state index in [0.29, 0.717) is 0 Å². The number of hydrazone groups is 2. The van der Waals surface area contributed by atoms with Gasteiger partial charge in [0.2, 0.25) is 0 Å². The van der Waals surface area contributed by atoms with Crippen molar-refractivity contribution < 1.29 is 54.0 Å². The van der Waals surface area contributed by atoms with E-state index in [1.54, 1.807) is 12.4 Å². The van der Waals surface area contributed by atoms with E-state index in [0.717, 1.165) is 43.1 Å². The van der Waals surface area contributed by atoms with Crippen LogP contribution in [-0.4, -0.2) is 53.6 Å². The molecule has 0 unspecified atom stereocenters. The third-order valence-corrected chi connectivity index (χ3v) is 4.01. The van der Waals surface area contributed by atoms with Crippen LogP contribution >= 0.6 is 0 Å². The van der Waals surface area contributed by atoms with Crippen molar-refractivity contribution in [2.45, 2.75) is 32.6 Å². The molecule has 2 aliphatic heterocycles. The molecule has 154 valence electrons. The van der Waals surface area contributed by atoms with Crippen molar-refractivity contribution in [1.29, 1.82) is 0 Å². The predicted molar refractivity (Wildman–Crippen MR) is 92.0 cm³/mol. The molecule has 2 aliphatic rings. The van der Waals surface area contributed by atoms with Crippen molar-refractivity contribution in [1.82, 2.24) is 26.1 Å². The summed E-state index contributed by atoms with van der Waals surface area (Å²) in [6.45, 7) is 6.27. The maximum absolute atomic E-state index is 4.55. The van der Waals surface area contributed by atoms with Crippen LogP contribution in [0.4, 0.5) is 0 Å². The van der Waals surface area contributed by atoms with Gasteiger partial charge in [-0.3, -0.25) is 0 Å². The molecule has 3 heterocycles. The second-order valence-corrected chi connectivity index (χ2v) is 6.10. The molecule has 0 bridgehead atoms. The number of nitrogens with zero attached hydrogens (tertiary/aromatic N) is 5. The van der Waals surface area contributed by atoms with E-state index in [9.17, 15) is 0 Å². The van der Waals surface area contributed by atoms with E-state index in [1.807, 2.05) is 12.1 Å². The van der Waals surface area contributed by atoms with Crippen LogP contribution in [0.25, 0.3) is 0 Å². The maximum Gasteiger partial charge on any atom is 3.00 e. The summed E-state index contributed by atoms with van der Waals surface area (Å²) >= 11 is 0. The summed E-state index contributed by atoms with van der Waals surface area (Å²) in [5, 5.41) is 12.8. The zero-order chi connectivity index (χ0) is 15.9. The van der Waals surface area contributed by atoms with Gasteiger partial charge in [0.05, 0.1) is 23.8 Å². The molecule has 2 fully saturated rings. The molecular formula is C16H25Cl3CoN7. The quantitative estimate of drug-likeness (QED) is 0.313. The minimum atomic E-state index is 0. The Labute approximate surface area is 190 Å². The average Bonchev–Trinajstić information content (AvgIpc) is 3.20. The molecule has 0 spiro atoms. The van der Waals surface area contributed by atoms with E-state index in [1.165, 1.54) is 25.7 Å². The number of hydrogen-bond acceptors (Lipinski definition) is 7. The van der Waals surface area contributed by atoms with Crippen molar-refractivity contribution in [3.05, 3.63) is 29.1 Å². The third kappa shape index (κ3) is 9.93. The second-order valence-electron chi connectivity index (χ2n) is 6.10. The van der Waals surface area contributed by atoms with Gasteiger partial charge in [-0.15, -0.1) is 0 Å². The molecule has 7 nitrogen and oxygen atoms in total. The van der Waals surface area contributed by atoms with Crippen LogP contribution in [0, 0.1) is 6.92 Å². The Bertz CT molecular complexity index is 531. The zero-order valence-electron chi connectivity index (χ0n) is 15.2. The molecule has 0 aliphatic carbocycles. The average molecular weight is 481 g/mol. The predicted octanol–water partition coefficient (Wildman–Crippen LogP) is -7.73. The van der Waals surface area contributed by atoms with Gasteiger partial charge in [0.15, 0.2) is 0 Å². The first-order valence-corrected chi connectivity index (χ1v) is 8.36. The van der Waals surface area contributed by atoms with Crippen molar-refractivity contribution in [2.75, 3.05) is 26.2 Å². The number of halogens is 3. The van der Waals surface area contributed by atoms with Crippen LogP contribution in [0.5, 0.6) is 0 Å². The summed E-state index contributed by atoms with van der Waals surface area (Å²) in [4.78, 5) is 4.55. The molecule has 3 rings (SSSR count). The maximum atomic E-state index is 4.55. The Kier molecular flexibility index (Phi) is 16.2. The van der Waals surface area contributed by atoms with Crippen LogP contribution in [0.1, 0.15) is 42.6 Å². The Morgan fingerprint density at radius 2 is 1.19 bits per heavy atom. The minimum absolute atomic E-state index is 0. The Morgan fingerprint density at radius 3 is 1.56 bits per heavy atom. The molecule has 0 aromatic carbocycles. The molecule has 0 amide bonds. The van der Waals surface area contributed by atoms with Crippen LogP contribution in [0.3, 0.4) is 0 Å². The van der Waals surface area contributed by atoms with Crippen molar-refractivity contribution >= 4 is 12.4 Å². The van der Waals surface area contributed by atoms with Gasteiger partial charge in [-0.1, -0.05) is 0 Å². The molecule has 0 radical (unpaired) electrons. The van der Waals surface area contributed by atoms with Gasteiger partial charge < -0.3 is 37.2 Å². The Morgan fingerprint density at radius 1 is 0.815 bits per heavy atom. The van der Waals surface area contributed by atoms with E-state index in [4.69, 9.17) is 0 Å². The van der Waals surface area contributed by atoms with Crippen LogP contribution in [0.2, 0.25) is 0 Å². The molecule has 27 heavy (non-hydrogen) atoms. The standard InChI is InChI=1S/C16H25N7.3ClH.Co/c1-14-10-15(12-17-20-22-6-2-3-7-22)19-16(11-14)13-18-21-23-8-4-5-9-23;;;;/h10-13,20-21H,2-9H2,1H3;3*1H;/q;;;;+3/p-3. The van der Waals surface area contributed by atoms with Crippen LogP contribution in [-0.2, 0) is 16.8 Å². The topological polar surface area (TPSA) is 68.1 Å². The molecule has 2 N–H and O–H groups in total. The first-order chi connectivity index (χ1) is 11.3. The summed E-state index contributed by atoms with van der Waals surface area (Å²) < 4.78 is 0. The molecule has 11 heteroatoms. The van der Waals surface area contributed by atoms with Crippen molar-refractivity contribution in [3.8, 4) is 0 Å². The number of pyridine rings is 1. The first-order valence-electron chi connectivity index (χ1n) is 8.36. The van der Waals surface area contributed by atoms with Gasteiger partial charge in [0, 0.05) is 26.2 Å². The monoisotopic (exact) mass is 479 g/mol. The third-order valence-electron chi connectivity index (χ3n) is 4.01.